The van der Waals surface area contributed by atoms with E-state index in [0.717, 1.165) is 45.7 Å². The van der Waals surface area contributed by atoms with Crippen LogP contribution in [0.4, 0.5) is 0 Å². The third-order valence-corrected chi connectivity index (χ3v) is 7.05. The highest BCUT2D eigenvalue weighted by atomic mass is 16.2. The van der Waals surface area contributed by atoms with Gasteiger partial charge in [0.05, 0.1) is 6.54 Å². The Balaban J connectivity index is 1.65. The molecule has 0 saturated carbocycles. The summed E-state index contributed by atoms with van der Waals surface area (Å²) in [6, 6.07) is 0.615. The lowest BCUT2D eigenvalue weighted by Gasteiger charge is -2.47. The molecule has 1 amide bonds. The second-order valence-corrected chi connectivity index (χ2v) is 8.65. The first-order valence-corrected chi connectivity index (χ1v) is 10.5. The molecule has 0 aromatic heterocycles. The summed E-state index contributed by atoms with van der Waals surface area (Å²) in [6.07, 6.45) is 8.50. The largest absolute Gasteiger partial charge is 0.340 e. The van der Waals surface area contributed by atoms with Gasteiger partial charge in [-0.2, -0.15) is 0 Å². The summed E-state index contributed by atoms with van der Waals surface area (Å²) in [4.78, 5) is 22.8. The topological polar surface area (TPSA) is 30.0 Å². The molecule has 25 heavy (non-hydrogen) atoms. The molecule has 0 bridgehead atoms. The zero-order valence-electron chi connectivity index (χ0n) is 16.7. The summed E-state index contributed by atoms with van der Waals surface area (Å²) in [5.41, 5.74) is 0.199. The van der Waals surface area contributed by atoms with Gasteiger partial charge in [0.25, 0.3) is 0 Å². The van der Waals surface area contributed by atoms with E-state index >= 15 is 0 Å². The predicted octanol–water partition coefficient (Wildman–Crippen LogP) is 1.88. The Hall–Kier alpha value is -0.650. The van der Waals surface area contributed by atoms with Gasteiger partial charge in [-0.1, -0.05) is 13.3 Å². The van der Waals surface area contributed by atoms with Crippen molar-refractivity contribution in [1.29, 1.82) is 0 Å². The van der Waals surface area contributed by atoms with E-state index in [4.69, 9.17) is 0 Å². The first-order chi connectivity index (χ1) is 12.0. The Kier molecular flexibility index (Phi) is 6.39. The average molecular weight is 351 g/mol. The maximum Gasteiger partial charge on any atom is 0.236 e. The Bertz CT molecular complexity index is 447. The van der Waals surface area contributed by atoms with Crippen molar-refractivity contribution in [1.82, 2.24) is 19.6 Å². The molecule has 3 rings (SSSR count). The Labute approximate surface area is 154 Å². The van der Waals surface area contributed by atoms with E-state index in [0.29, 0.717) is 18.5 Å². The van der Waals surface area contributed by atoms with Crippen molar-refractivity contribution < 1.29 is 4.79 Å². The Morgan fingerprint density at radius 1 is 1.00 bits per heavy atom. The normalized spacial score (nSPS) is 29.7. The fourth-order valence-electron chi connectivity index (χ4n) is 5.08. The van der Waals surface area contributed by atoms with Gasteiger partial charge in [0.15, 0.2) is 0 Å². The lowest BCUT2D eigenvalue weighted by molar-refractivity contribution is -0.135. The van der Waals surface area contributed by atoms with Crippen LogP contribution in [0.25, 0.3) is 0 Å². The lowest BCUT2D eigenvalue weighted by atomic mass is 9.85. The van der Waals surface area contributed by atoms with Crippen LogP contribution in [-0.2, 0) is 4.79 Å². The van der Waals surface area contributed by atoms with Crippen molar-refractivity contribution in [2.75, 3.05) is 59.9 Å². The van der Waals surface area contributed by atoms with Gasteiger partial charge in [0.1, 0.15) is 0 Å². The standard InChI is InChI=1S/C20H38N4O/c1-4-18-8-5-6-12-23(18)16-19(25)24-13-7-11-22(3)20(17-24)9-14-21(2)15-10-20/h18H,4-17H2,1-3H3/t18-/m0/s1. The summed E-state index contributed by atoms with van der Waals surface area (Å²) in [6.45, 7) is 9.29. The molecule has 0 aromatic rings. The molecular formula is C20H38N4O. The SMILES string of the molecule is CC[C@H]1CCCCN1CC(=O)N1CCCN(C)C2(CCN(C)CC2)C1. The fourth-order valence-corrected chi connectivity index (χ4v) is 5.08. The van der Waals surface area contributed by atoms with Crippen LogP contribution in [0, 0.1) is 0 Å². The molecule has 0 radical (unpaired) electrons. The van der Waals surface area contributed by atoms with Crippen LogP contribution in [0.1, 0.15) is 51.9 Å². The first kappa shape index (κ1) is 19.1. The molecule has 0 aliphatic carbocycles. The van der Waals surface area contributed by atoms with Gasteiger partial charge >= 0.3 is 0 Å². The van der Waals surface area contributed by atoms with Gasteiger partial charge in [-0.15, -0.1) is 0 Å². The number of piperidine rings is 2. The molecule has 0 N–H and O–H groups in total. The van der Waals surface area contributed by atoms with Crippen LogP contribution in [0.5, 0.6) is 0 Å². The second kappa shape index (κ2) is 8.36. The van der Waals surface area contributed by atoms with Crippen molar-refractivity contribution in [3.8, 4) is 0 Å². The predicted molar refractivity (Wildman–Crippen MR) is 103 cm³/mol. The molecule has 3 aliphatic rings. The lowest BCUT2D eigenvalue weighted by Crippen LogP contribution is -2.59. The molecular weight excluding hydrogens is 312 g/mol. The summed E-state index contributed by atoms with van der Waals surface area (Å²) >= 11 is 0. The fraction of sp³-hybridized carbons (Fsp3) is 0.950. The minimum absolute atomic E-state index is 0.199. The van der Waals surface area contributed by atoms with Crippen molar-refractivity contribution >= 4 is 5.91 Å². The summed E-state index contributed by atoms with van der Waals surface area (Å²) in [5, 5.41) is 0. The maximum absolute atomic E-state index is 13.1. The molecule has 144 valence electrons. The molecule has 0 unspecified atom stereocenters. The van der Waals surface area contributed by atoms with E-state index in [9.17, 15) is 4.79 Å². The highest BCUT2D eigenvalue weighted by Crippen LogP contribution is 2.31. The third-order valence-electron chi connectivity index (χ3n) is 7.05. The van der Waals surface area contributed by atoms with Crippen LogP contribution in [0.3, 0.4) is 0 Å². The zero-order chi connectivity index (χ0) is 17.9. The van der Waals surface area contributed by atoms with Crippen LogP contribution >= 0.6 is 0 Å². The third kappa shape index (κ3) is 4.37. The smallest absolute Gasteiger partial charge is 0.236 e. The van der Waals surface area contributed by atoms with Crippen LogP contribution < -0.4 is 0 Å². The highest BCUT2D eigenvalue weighted by Gasteiger charge is 2.41. The number of carbonyl (C=O) groups excluding carboxylic acids is 1. The number of amides is 1. The van der Waals surface area contributed by atoms with Crippen molar-refractivity contribution in [3.05, 3.63) is 0 Å². The average Bonchev–Trinajstić information content (AvgIpc) is 2.78. The van der Waals surface area contributed by atoms with Crippen molar-refractivity contribution in [3.63, 3.8) is 0 Å². The minimum atomic E-state index is 0.199. The summed E-state index contributed by atoms with van der Waals surface area (Å²) in [5.74, 6) is 0.369. The van der Waals surface area contributed by atoms with Crippen LogP contribution in [-0.4, -0.2) is 97.0 Å². The molecule has 5 heteroatoms. The molecule has 5 nitrogen and oxygen atoms in total. The van der Waals surface area contributed by atoms with E-state index < -0.39 is 0 Å². The summed E-state index contributed by atoms with van der Waals surface area (Å²) in [7, 11) is 4.49. The molecule has 3 aliphatic heterocycles. The van der Waals surface area contributed by atoms with E-state index in [1.807, 2.05) is 0 Å². The number of likely N-dealkylation sites (tertiary alicyclic amines) is 2. The van der Waals surface area contributed by atoms with Gasteiger partial charge in [0, 0.05) is 31.2 Å². The molecule has 3 saturated heterocycles. The van der Waals surface area contributed by atoms with E-state index in [2.05, 4.69) is 40.6 Å². The zero-order valence-corrected chi connectivity index (χ0v) is 16.7. The molecule has 1 atom stereocenters. The van der Waals surface area contributed by atoms with Gasteiger partial charge in [-0.3, -0.25) is 14.6 Å². The summed E-state index contributed by atoms with van der Waals surface area (Å²) < 4.78 is 0. The van der Waals surface area contributed by atoms with Gasteiger partial charge < -0.3 is 9.80 Å². The van der Waals surface area contributed by atoms with Gasteiger partial charge in [-0.25, -0.2) is 0 Å². The molecule has 3 heterocycles. The number of hydrogen-bond donors (Lipinski definition) is 0. The first-order valence-electron chi connectivity index (χ1n) is 10.5. The van der Waals surface area contributed by atoms with Crippen LogP contribution in [0.15, 0.2) is 0 Å². The van der Waals surface area contributed by atoms with Gasteiger partial charge in [0.2, 0.25) is 5.91 Å². The number of nitrogens with zero attached hydrogens (tertiary/aromatic N) is 4. The Morgan fingerprint density at radius 2 is 1.76 bits per heavy atom. The molecule has 1 spiro atoms. The van der Waals surface area contributed by atoms with Crippen LogP contribution in [0.2, 0.25) is 0 Å². The number of carbonyl (C=O) groups is 1. The number of hydrogen-bond acceptors (Lipinski definition) is 4. The number of likely N-dealkylation sites (N-methyl/N-ethyl adjacent to an activating group) is 1. The van der Waals surface area contributed by atoms with Crippen molar-refractivity contribution in [2.45, 2.75) is 63.5 Å². The molecule has 3 fully saturated rings. The quantitative estimate of drug-likeness (QED) is 0.777. The van der Waals surface area contributed by atoms with E-state index in [1.165, 1.54) is 38.5 Å². The van der Waals surface area contributed by atoms with Gasteiger partial charge in [-0.05, 0) is 72.3 Å². The van der Waals surface area contributed by atoms with Crippen molar-refractivity contribution in [2.24, 2.45) is 0 Å². The molecule has 0 aromatic carbocycles. The van der Waals surface area contributed by atoms with E-state index in [1.54, 1.807) is 0 Å². The second-order valence-electron chi connectivity index (χ2n) is 8.65. The Morgan fingerprint density at radius 3 is 2.48 bits per heavy atom. The monoisotopic (exact) mass is 350 g/mol. The minimum Gasteiger partial charge on any atom is -0.340 e. The van der Waals surface area contributed by atoms with E-state index in [-0.39, 0.29) is 5.54 Å². The number of rotatable bonds is 3. The maximum atomic E-state index is 13.1. The highest BCUT2D eigenvalue weighted by molar-refractivity contribution is 5.78.